The Bertz CT molecular complexity index is 84.6. The number of hydrogen-bond donors (Lipinski definition) is 0. The highest BCUT2D eigenvalue weighted by molar-refractivity contribution is 4.85. The van der Waals surface area contributed by atoms with Gasteiger partial charge in [0, 0.05) is 5.92 Å². The topological polar surface area (TPSA) is 9.23 Å². The van der Waals surface area contributed by atoms with Gasteiger partial charge in [0.1, 0.15) is 0 Å². The third kappa shape index (κ3) is 4.07. The van der Waals surface area contributed by atoms with E-state index in [4.69, 9.17) is 4.74 Å². The molecule has 0 unspecified atom stereocenters. The maximum absolute atomic E-state index is 5.26. The fourth-order valence-electron chi connectivity index (χ4n) is 0.400. The lowest BCUT2D eigenvalue weighted by molar-refractivity contribution is 0.187. The predicted molar refractivity (Wildman–Crippen MR) is 40.2 cm³/mol. The molecule has 1 nitrogen and oxygen atoms in total. The van der Waals surface area contributed by atoms with Crippen LogP contribution in [-0.4, -0.2) is 6.61 Å². The molecule has 0 aliphatic carbocycles. The van der Waals surface area contributed by atoms with Crippen molar-refractivity contribution in [1.29, 1.82) is 0 Å². The molecule has 0 rings (SSSR count). The Kier molecular flexibility index (Phi) is 4.20. The van der Waals surface area contributed by atoms with Crippen LogP contribution in [-0.2, 0) is 4.74 Å². The average Bonchev–Trinajstić information content (AvgIpc) is 1.82. The second-order valence-electron chi connectivity index (χ2n) is 2.47. The number of allylic oxidation sites excluding steroid dienone is 1. The van der Waals surface area contributed by atoms with Crippen molar-refractivity contribution >= 4 is 0 Å². The van der Waals surface area contributed by atoms with E-state index in [1.54, 1.807) is 0 Å². The third-order valence-electron chi connectivity index (χ3n) is 1.14. The summed E-state index contributed by atoms with van der Waals surface area (Å²) in [6.07, 6.45) is 1.06. The fourth-order valence-corrected chi connectivity index (χ4v) is 0.400. The van der Waals surface area contributed by atoms with Crippen molar-refractivity contribution in [2.75, 3.05) is 6.61 Å². The highest BCUT2D eigenvalue weighted by Crippen LogP contribution is 2.07. The summed E-state index contributed by atoms with van der Waals surface area (Å²) in [6.45, 7) is 10.8. The van der Waals surface area contributed by atoms with Crippen LogP contribution in [0.25, 0.3) is 0 Å². The molecule has 0 spiro atoms. The molecule has 0 bridgehead atoms. The maximum atomic E-state index is 5.26. The predicted octanol–water partition coefficient (Wildman–Crippen LogP) is 2.58. The summed E-state index contributed by atoms with van der Waals surface area (Å²) >= 11 is 0. The Morgan fingerprint density at radius 2 is 2.11 bits per heavy atom. The van der Waals surface area contributed by atoms with E-state index in [1.165, 1.54) is 0 Å². The van der Waals surface area contributed by atoms with Crippen molar-refractivity contribution in [3.8, 4) is 0 Å². The molecule has 9 heavy (non-hydrogen) atoms. The van der Waals surface area contributed by atoms with Crippen LogP contribution >= 0.6 is 0 Å². The van der Waals surface area contributed by atoms with E-state index >= 15 is 0 Å². The van der Waals surface area contributed by atoms with E-state index in [0.717, 1.165) is 18.8 Å². The van der Waals surface area contributed by atoms with E-state index in [2.05, 4.69) is 27.4 Å². The molecule has 0 heterocycles. The molecule has 0 aromatic heterocycles. The number of hydrogen-bond acceptors (Lipinski definition) is 1. The highest BCUT2D eigenvalue weighted by Gasteiger charge is 1.98. The van der Waals surface area contributed by atoms with E-state index in [-0.39, 0.29) is 0 Å². The molecule has 0 N–H and O–H groups in total. The molecule has 54 valence electrons. The van der Waals surface area contributed by atoms with Gasteiger partial charge in [0.15, 0.2) is 0 Å². The molecule has 0 saturated carbocycles. The molecule has 1 heteroatoms. The lowest BCUT2D eigenvalue weighted by atomic mass is 10.2. The summed E-state index contributed by atoms with van der Waals surface area (Å²) in [5.41, 5.74) is 0. The minimum absolute atomic E-state index is 0.455. The van der Waals surface area contributed by atoms with Crippen LogP contribution in [0.2, 0.25) is 0 Å². The molecular weight excluding hydrogens is 112 g/mol. The van der Waals surface area contributed by atoms with E-state index < -0.39 is 0 Å². The first-order valence-electron chi connectivity index (χ1n) is 3.50. The van der Waals surface area contributed by atoms with Gasteiger partial charge in [0.25, 0.3) is 0 Å². The lowest BCUT2D eigenvalue weighted by Crippen LogP contribution is -1.98. The van der Waals surface area contributed by atoms with E-state index in [9.17, 15) is 0 Å². The van der Waals surface area contributed by atoms with Gasteiger partial charge in [-0.2, -0.15) is 0 Å². The zero-order chi connectivity index (χ0) is 7.28. The van der Waals surface area contributed by atoms with Crippen LogP contribution in [0.4, 0.5) is 0 Å². The molecule has 0 aromatic rings. The van der Waals surface area contributed by atoms with Gasteiger partial charge in [-0.15, -0.1) is 0 Å². The molecule has 0 aromatic carbocycles. The van der Waals surface area contributed by atoms with Gasteiger partial charge in [-0.1, -0.05) is 27.4 Å². The minimum Gasteiger partial charge on any atom is -0.498 e. The van der Waals surface area contributed by atoms with Crippen LogP contribution < -0.4 is 0 Å². The van der Waals surface area contributed by atoms with Gasteiger partial charge in [0.2, 0.25) is 0 Å². The smallest absolute Gasteiger partial charge is 0.0913 e. The molecule has 0 fully saturated rings. The summed E-state index contributed by atoms with van der Waals surface area (Å²) in [6, 6.07) is 0. The molecule has 0 saturated heterocycles. The second kappa shape index (κ2) is 4.42. The SMILES string of the molecule is C=C(OCCC)C(C)C. The quantitative estimate of drug-likeness (QED) is 0.529. The van der Waals surface area contributed by atoms with Crippen LogP contribution in [0.1, 0.15) is 27.2 Å². The molecule has 0 radical (unpaired) electrons. The minimum atomic E-state index is 0.455. The van der Waals surface area contributed by atoms with Crippen molar-refractivity contribution in [3.63, 3.8) is 0 Å². The Labute approximate surface area is 57.7 Å². The Balaban J connectivity index is 3.28. The monoisotopic (exact) mass is 128 g/mol. The normalized spacial score (nSPS) is 9.78. The zero-order valence-electron chi connectivity index (χ0n) is 6.61. The molecule has 0 aliphatic heterocycles. The zero-order valence-corrected chi connectivity index (χ0v) is 6.61. The number of ether oxygens (including phenoxy) is 1. The number of rotatable bonds is 4. The first-order chi connectivity index (χ1) is 4.18. The summed E-state index contributed by atoms with van der Waals surface area (Å²) in [7, 11) is 0. The fraction of sp³-hybridized carbons (Fsp3) is 0.750. The molecule has 0 atom stereocenters. The van der Waals surface area contributed by atoms with Crippen molar-refractivity contribution in [3.05, 3.63) is 12.3 Å². The van der Waals surface area contributed by atoms with Gasteiger partial charge in [-0.3, -0.25) is 0 Å². The lowest BCUT2D eigenvalue weighted by Gasteiger charge is -2.09. The third-order valence-corrected chi connectivity index (χ3v) is 1.14. The van der Waals surface area contributed by atoms with Gasteiger partial charge in [-0.05, 0) is 6.42 Å². The van der Waals surface area contributed by atoms with Gasteiger partial charge < -0.3 is 4.74 Å². The average molecular weight is 128 g/mol. The summed E-state index contributed by atoms with van der Waals surface area (Å²) in [4.78, 5) is 0. The van der Waals surface area contributed by atoms with Gasteiger partial charge in [0.05, 0.1) is 12.4 Å². The molecular formula is C8H16O. The first kappa shape index (κ1) is 8.54. The summed E-state index contributed by atoms with van der Waals surface area (Å²) in [5.74, 6) is 1.36. The summed E-state index contributed by atoms with van der Waals surface area (Å²) < 4.78 is 5.26. The largest absolute Gasteiger partial charge is 0.498 e. The Morgan fingerprint density at radius 1 is 1.56 bits per heavy atom. The van der Waals surface area contributed by atoms with E-state index in [0.29, 0.717) is 5.92 Å². The standard InChI is InChI=1S/C8H16O/c1-5-6-9-8(4)7(2)3/h7H,4-6H2,1-3H3. The van der Waals surface area contributed by atoms with Crippen molar-refractivity contribution in [2.45, 2.75) is 27.2 Å². The van der Waals surface area contributed by atoms with Crippen LogP contribution in [0.3, 0.4) is 0 Å². The van der Waals surface area contributed by atoms with Crippen molar-refractivity contribution in [1.82, 2.24) is 0 Å². The van der Waals surface area contributed by atoms with Crippen LogP contribution in [0.5, 0.6) is 0 Å². The molecule has 0 aliphatic rings. The first-order valence-corrected chi connectivity index (χ1v) is 3.50. The van der Waals surface area contributed by atoms with Crippen molar-refractivity contribution < 1.29 is 4.74 Å². The highest BCUT2D eigenvalue weighted by atomic mass is 16.5. The van der Waals surface area contributed by atoms with Gasteiger partial charge >= 0.3 is 0 Å². The summed E-state index contributed by atoms with van der Waals surface area (Å²) in [5, 5.41) is 0. The van der Waals surface area contributed by atoms with Crippen LogP contribution in [0.15, 0.2) is 12.3 Å². The van der Waals surface area contributed by atoms with Gasteiger partial charge in [-0.25, -0.2) is 0 Å². The molecule has 0 amide bonds. The Morgan fingerprint density at radius 3 is 2.44 bits per heavy atom. The van der Waals surface area contributed by atoms with E-state index in [1.807, 2.05) is 0 Å². The second-order valence-corrected chi connectivity index (χ2v) is 2.47. The maximum Gasteiger partial charge on any atom is 0.0913 e. The van der Waals surface area contributed by atoms with Crippen LogP contribution in [0, 0.1) is 5.92 Å². The Hall–Kier alpha value is -0.460. The van der Waals surface area contributed by atoms with Crippen molar-refractivity contribution in [2.24, 2.45) is 5.92 Å².